The second-order valence-corrected chi connectivity index (χ2v) is 5.25. The van der Waals surface area contributed by atoms with Gasteiger partial charge in [-0.25, -0.2) is 0 Å². The molecule has 0 aromatic rings. The molecular formula is C18H34O8V2. The van der Waals surface area contributed by atoms with E-state index in [0.717, 1.165) is 27.7 Å². The van der Waals surface area contributed by atoms with Crippen LogP contribution >= 0.6 is 0 Å². The molecule has 2 aliphatic carbocycles. The van der Waals surface area contributed by atoms with Crippen molar-refractivity contribution in [2.45, 2.75) is 79.1 Å². The zero-order valence-electron chi connectivity index (χ0n) is 17.1. The quantitative estimate of drug-likeness (QED) is 0.408. The van der Waals surface area contributed by atoms with Crippen LogP contribution in [0.25, 0.3) is 0 Å². The van der Waals surface area contributed by atoms with E-state index in [1.54, 1.807) is 0 Å². The van der Waals surface area contributed by atoms with Crippen molar-refractivity contribution in [3.63, 3.8) is 0 Å². The van der Waals surface area contributed by atoms with E-state index in [0.29, 0.717) is 0 Å². The monoisotopic (exact) mass is 480 g/mol. The topological polar surface area (TPSA) is 149 Å². The molecule has 0 aromatic carbocycles. The first kappa shape index (κ1) is 41.4. The molecule has 2 saturated carbocycles. The van der Waals surface area contributed by atoms with Crippen molar-refractivity contribution in [2.24, 2.45) is 0 Å². The largest absolute Gasteiger partial charge is 0.481 e. The van der Waals surface area contributed by atoms with Gasteiger partial charge in [-0.1, -0.05) is 38.5 Å². The molecule has 8 nitrogen and oxygen atoms in total. The van der Waals surface area contributed by atoms with Gasteiger partial charge >= 0.3 is 0 Å². The summed E-state index contributed by atoms with van der Waals surface area (Å²) in [6, 6.07) is 0. The predicted molar refractivity (Wildman–Crippen MR) is 98.8 cm³/mol. The minimum Gasteiger partial charge on any atom is -0.481 e. The summed E-state index contributed by atoms with van der Waals surface area (Å²) < 4.78 is 0. The van der Waals surface area contributed by atoms with Crippen molar-refractivity contribution in [2.75, 3.05) is 0 Å². The summed E-state index contributed by atoms with van der Waals surface area (Å²) in [4.78, 5) is 36.0. The third-order valence-corrected chi connectivity index (χ3v) is 2.16. The maximum atomic E-state index is 9.00. The van der Waals surface area contributed by atoms with Crippen molar-refractivity contribution < 1.29 is 76.7 Å². The normalized spacial score (nSPS) is 12.1. The SMILES string of the molecule is C1CCCC1.CC(=O)O.CC(=O)O.CC(=O)O.CC(=O)O.[CH]1[CH]CCC1.[V].[V]. The molecule has 0 aromatic heterocycles. The van der Waals surface area contributed by atoms with Gasteiger partial charge in [0, 0.05) is 64.8 Å². The van der Waals surface area contributed by atoms with E-state index in [4.69, 9.17) is 39.6 Å². The maximum absolute atomic E-state index is 9.00. The van der Waals surface area contributed by atoms with Gasteiger partial charge in [-0.3, -0.25) is 19.2 Å². The van der Waals surface area contributed by atoms with E-state index in [9.17, 15) is 0 Å². The molecule has 4 radical (unpaired) electrons. The Kier molecular flexibility index (Phi) is 54.6. The Bertz CT molecular complexity index is 266. The van der Waals surface area contributed by atoms with Gasteiger partial charge in [-0.15, -0.1) is 0 Å². The zero-order chi connectivity index (χ0) is 21.4. The van der Waals surface area contributed by atoms with Gasteiger partial charge < -0.3 is 20.4 Å². The van der Waals surface area contributed by atoms with Crippen LogP contribution in [0.2, 0.25) is 0 Å². The average molecular weight is 480 g/mol. The van der Waals surface area contributed by atoms with Crippen LogP contribution in [-0.2, 0) is 56.3 Å². The van der Waals surface area contributed by atoms with E-state index in [1.165, 1.54) is 51.4 Å². The van der Waals surface area contributed by atoms with Crippen LogP contribution in [0.15, 0.2) is 0 Å². The first-order valence-corrected chi connectivity index (χ1v) is 8.36. The number of hydrogen-bond donors (Lipinski definition) is 4. The van der Waals surface area contributed by atoms with Crippen molar-refractivity contribution in [1.82, 2.24) is 0 Å². The Labute approximate surface area is 192 Å². The third kappa shape index (κ3) is 177. The summed E-state index contributed by atoms with van der Waals surface area (Å²) in [5.41, 5.74) is 0. The first-order chi connectivity index (χ1) is 11.9. The Morgan fingerprint density at radius 3 is 0.714 bits per heavy atom. The van der Waals surface area contributed by atoms with Crippen LogP contribution < -0.4 is 0 Å². The molecule has 0 amide bonds. The molecule has 164 valence electrons. The average Bonchev–Trinajstić information content (AvgIpc) is 3.16. The van der Waals surface area contributed by atoms with Crippen LogP contribution in [0.3, 0.4) is 0 Å². The van der Waals surface area contributed by atoms with E-state index < -0.39 is 23.9 Å². The fourth-order valence-corrected chi connectivity index (χ4v) is 1.47. The van der Waals surface area contributed by atoms with E-state index in [-0.39, 0.29) is 37.1 Å². The van der Waals surface area contributed by atoms with E-state index in [2.05, 4.69) is 12.8 Å². The molecule has 0 heterocycles. The molecule has 2 rings (SSSR count). The van der Waals surface area contributed by atoms with E-state index in [1.807, 2.05) is 0 Å². The summed E-state index contributed by atoms with van der Waals surface area (Å²) in [7, 11) is 0. The third-order valence-electron chi connectivity index (χ3n) is 2.16. The van der Waals surface area contributed by atoms with Crippen LogP contribution in [0, 0.1) is 12.8 Å². The van der Waals surface area contributed by atoms with E-state index >= 15 is 0 Å². The number of carbonyl (C=O) groups is 4. The van der Waals surface area contributed by atoms with Crippen molar-refractivity contribution in [3.05, 3.63) is 12.8 Å². The molecule has 0 saturated heterocycles. The number of carboxylic acids is 4. The molecule has 0 atom stereocenters. The van der Waals surface area contributed by atoms with Crippen molar-refractivity contribution in [1.29, 1.82) is 0 Å². The second-order valence-electron chi connectivity index (χ2n) is 5.25. The second kappa shape index (κ2) is 36.9. The number of aliphatic carboxylic acids is 4. The molecule has 0 unspecified atom stereocenters. The van der Waals surface area contributed by atoms with Crippen LogP contribution in [0.5, 0.6) is 0 Å². The van der Waals surface area contributed by atoms with Gasteiger partial charge in [0.2, 0.25) is 0 Å². The Hall–Kier alpha value is -0.951. The number of hydrogen-bond acceptors (Lipinski definition) is 4. The van der Waals surface area contributed by atoms with Gasteiger partial charge in [0.1, 0.15) is 0 Å². The van der Waals surface area contributed by atoms with Gasteiger partial charge in [-0.05, 0) is 25.7 Å². The summed E-state index contributed by atoms with van der Waals surface area (Å²) in [5.74, 6) is -3.33. The van der Waals surface area contributed by atoms with Gasteiger partial charge in [0.05, 0.1) is 0 Å². The van der Waals surface area contributed by atoms with Gasteiger partial charge in [-0.2, -0.15) is 0 Å². The molecule has 10 heteroatoms. The Balaban J connectivity index is -0.0000000514. The Morgan fingerprint density at radius 2 is 0.643 bits per heavy atom. The van der Waals surface area contributed by atoms with Crippen molar-refractivity contribution >= 4 is 23.9 Å². The standard InChI is InChI=1S/C5H10.C5H8.4C2H4O2.2V/c2*1-2-4-5-3-1;4*1-2(3)4;;/h1-5H2;1-2H,3-5H2;4*1H3,(H,3,4);;. The van der Waals surface area contributed by atoms with Crippen LogP contribution in [0.1, 0.15) is 79.1 Å². The van der Waals surface area contributed by atoms with Crippen LogP contribution in [0.4, 0.5) is 0 Å². The molecule has 2 aliphatic rings. The molecule has 2 fully saturated rings. The Morgan fingerprint density at radius 1 is 0.500 bits per heavy atom. The molecule has 28 heavy (non-hydrogen) atoms. The first-order valence-electron chi connectivity index (χ1n) is 8.36. The zero-order valence-corrected chi connectivity index (χ0v) is 19.9. The number of rotatable bonds is 0. The minimum absolute atomic E-state index is 0. The molecule has 0 bridgehead atoms. The summed E-state index contributed by atoms with van der Waals surface area (Å²) in [6.07, 6.45) is 16.0. The number of carboxylic acid groups (broad SMARTS) is 4. The van der Waals surface area contributed by atoms with Gasteiger partial charge in [0.25, 0.3) is 23.9 Å². The van der Waals surface area contributed by atoms with Crippen molar-refractivity contribution in [3.8, 4) is 0 Å². The predicted octanol–water partition coefficient (Wildman–Crippen LogP) is 3.89. The smallest absolute Gasteiger partial charge is 0.300 e. The maximum Gasteiger partial charge on any atom is 0.300 e. The molecule has 0 aliphatic heterocycles. The summed E-state index contributed by atoms with van der Waals surface area (Å²) >= 11 is 0. The van der Waals surface area contributed by atoms with Crippen LogP contribution in [-0.4, -0.2) is 44.3 Å². The molecule has 0 spiro atoms. The summed E-state index contributed by atoms with van der Waals surface area (Å²) in [6.45, 7) is 4.33. The molecule has 4 N–H and O–H groups in total. The minimum atomic E-state index is -0.833. The van der Waals surface area contributed by atoms with Gasteiger partial charge in [0.15, 0.2) is 0 Å². The summed E-state index contributed by atoms with van der Waals surface area (Å²) in [5, 5.41) is 29.7. The fourth-order valence-electron chi connectivity index (χ4n) is 1.47. The fraction of sp³-hybridized carbons (Fsp3) is 0.667. The molecular weight excluding hydrogens is 446 g/mol.